The summed E-state index contributed by atoms with van der Waals surface area (Å²) in [5.74, 6) is 0.659. The number of ether oxygens (including phenoxy) is 4. The summed E-state index contributed by atoms with van der Waals surface area (Å²) >= 11 is 0. The van der Waals surface area contributed by atoms with Crippen molar-refractivity contribution >= 4 is 17.4 Å². The number of para-hydroxylation sites is 1. The number of benzene rings is 2. The lowest BCUT2D eigenvalue weighted by Crippen LogP contribution is -2.19. The van der Waals surface area contributed by atoms with Crippen molar-refractivity contribution in [3.63, 3.8) is 0 Å². The van der Waals surface area contributed by atoms with Gasteiger partial charge >= 0.3 is 12.0 Å². The van der Waals surface area contributed by atoms with Crippen LogP contribution in [0.4, 0.5) is 20.6 Å². The van der Waals surface area contributed by atoms with Gasteiger partial charge in [0.2, 0.25) is 5.75 Å². The van der Waals surface area contributed by atoms with Crippen LogP contribution in [0.3, 0.4) is 0 Å². The first-order valence-electron chi connectivity index (χ1n) is 8.66. The van der Waals surface area contributed by atoms with E-state index < -0.39 is 11.8 Å². The molecule has 0 radical (unpaired) electrons. The van der Waals surface area contributed by atoms with E-state index >= 15 is 0 Å². The van der Waals surface area contributed by atoms with E-state index in [0.29, 0.717) is 28.6 Å². The molecule has 1 aromatic heterocycles. The lowest BCUT2D eigenvalue weighted by molar-refractivity contribution is 0.262. The molecule has 0 saturated carbocycles. The second kappa shape index (κ2) is 9.41. The van der Waals surface area contributed by atoms with Crippen molar-refractivity contribution in [2.75, 3.05) is 32.0 Å². The number of carbonyl (C=O) groups is 1. The Morgan fingerprint density at radius 3 is 2.03 bits per heavy atom. The van der Waals surface area contributed by atoms with E-state index in [9.17, 15) is 9.18 Å². The van der Waals surface area contributed by atoms with Crippen LogP contribution in [0.2, 0.25) is 0 Å². The normalized spacial score (nSPS) is 10.1. The number of carbonyl (C=O) groups excluding carboxylic acids is 1. The Bertz CT molecular complexity index is 1000. The highest BCUT2D eigenvalue weighted by Gasteiger charge is 2.15. The number of urea groups is 1. The summed E-state index contributed by atoms with van der Waals surface area (Å²) in [5, 5.41) is 5.23. The van der Waals surface area contributed by atoms with Crippen LogP contribution in [0, 0.1) is 5.82 Å². The largest absolute Gasteiger partial charge is 0.493 e. The molecule has 3 aromatic rings. The number of hydrogen-bond donors (Lipinski definition) is 2. The summed E-state index contributed by atoms with van der Waals surface area (Å²) in [6, 6.07) is 8.45. The zero-order valence-corrected chi connectivity index (χ0v) is 16.4. The lowest BCUT2D eigenvalue weighted by atomic mass is 10.2. The molecular weight excluding hydrogens is 395 g/mol. The summed E-state index contributed by atoms with van der Waals surface area (Å²) in [4.78, 5) is 20.2. The average molecular weight is 414 g/mol. The van der Waals surface area contributed by atoms with E-state index in [0.717, 1.165) is 0 Å². The standard InChI is InChI=1S/C20H19FN4O5/c1-27-16-8-12(9-17(28-2)18(16)29-3)24-19(26)25-13-10-22-20(23-11-13)30-15-7-5-4-6-14(15)21/h4-11H,1-3H3,(H2,24,25,26). The van der Waals surface area contributed by atoms with Crippen LogP contribution >= 0.6 is 0 Å². The van der Waals surface area contributed by atoms with Gasteiger partial charge in [0.15, 0.2) is 23.1 Å². The minimum Gasteiger partial charge on any atom is -0.493 e. The van der Waals surface area contributed by atoms with Gasteiger partial charge in [0.25, 0.3) is 0 Å². The van der Waals surface area contributed by atoms with Gasteiger partial charge in [-0.05, 0) is 12.1 Å². The maximum Gasteiger partial charge on any atom is 0.323 e. The number of anilines is 2. The molecule has 2 N–H and O–H groups in total. The maximum absolute atomic E-state index is 13.6. The number of amides is 2. The minimum atomic E-state index is -0.546. The van der Waals surface area contributed by atoms with Crippen molar-refractivity contribution in [2.24, 2.45) is 0 Å². The number of hydrogen-bond acceptors (Lipinski definition) is 7. The van der Waals surface area contributed by atoms with Gasteiger partial charge in [-0.15, -0.1) is 0 Å². The van der Waals surface area contributed by atoms with Crippen LogP contribution in [0.5, 0.6) is 29.0 Å². The first kappa shape index (κ1) is 20.6. The van der Waals surface area contributed by atoms with Gasteiger partial charge in [-0.2, -0.15) is 0 Å². The molecule has 2 aromatic carbocycles. The van der Waals surface area contributed by atoms with Crippen molar-refractivity contribution in [1.29, 1.82) is 0 Å². The Kier molecular flexibility index (Phi) is 6.48. The smallest absolute Gasteiger partial charge is 0.323 e. The first-order chi connectivity index (χ1) is 14.5. The molecule has 156 valence electrons. The Hall–Kier alpha value is -4.08. The van der Waals surface area contributed by atoms with E-state index in [1.807, 2.05) is 0 Å². The van der Waals surface area contributed by atoms with Gasteiger partial charge < -0.3 is 29.6 Å². The highest BCUT2D eigenvalue weighted by molar-refractivity contribution is 6.00. The number of methoxy groups -OCH3 is 3. The van der Waals surface area contributed by atoms with Gasteiger partial charge in [0.1, 0.15) is 0 Å². The Labute approximate surface area is 171 Å². The second-order valence-corrected chi connectivity index (χ2v) is 5.78. The Morgan fingerprint density at radius 2 is 1.47 bits per heavy atom. The van der Waals surface area contributed by atoms with E-state index in [1.165, 1.54) is 45.9 Å². The summed E-state index contributed by atoms with van der Waals surface area (Å²) in [5.41, 5.74) is 0.725. The molecule has 0 bridgehead atoms. The number of nitrogens with one attached hydrogen (secondary N) is 2. The molecule has 0 aliphatic rings. The Balaban J connectivity index is 1.66. The van der Waals surface area contributed by atoms with Crippen LogP contribution in [0.25, 0.3) is 0 Å². The van der Waals surface area contributed by atoms with Gasteiger partial charge in [-0.3, -0.25) is 0 Å². The third kappa shape index (κ3) is 4.85. The van der Waals surface area contributed by atoms with Crippen LogP contribution in [-0.2, 0) is 0 Å². The van der Waals surface area contributed by atoms with Gasteiger partial charge in [0, 0.05) is 12.1 Å². The molecule has 0 saturated heterocycles. The van der Waals surface area contributed by atoms with Crippen molar-refractivity contribution in [1.82, 2.24) is 9.97 Å². The van der Waals surface area contributed by atoms with Gasteiger partial charge in [-0.25, -0.2) is 19.2 Å². The number of aromatic nitrogens is 2. The molecule has 30 heavy (non-hydrogen) atoms. The predicted molar refractivity (Wildman–Crippen MR) is 107 cm³/mol. The molecular formula is C20H19FN4O5. The first-order valence-corrected chi connectivity index (χ1v) is 8.66. The molecule has 0 fully saturated rings. The molecule has 9 nitrogen and oxygen atoms in total. The number of nitrogens with zero attached hydrogens (tertiary/aromatic N) is 2. The molecule has 0 unspecified atom stereocenters. The molecule has 0 aliphatic carbocycles. The predicted octanol–water partition coefficient (Wildman–Crippen LogP) is 4.08. The van der Waals surface area contributed by atoms with Gasteiger partial charge in [-0.1, -0.05) is 12.1 Å². The zero-order chi connectivity index (χ0) is 21.5. The molecule has 3 rings (SSSR count). The summed E-state index contributed by atoms with van der Waals surface area (Å²) < 4.78 is 34.6. The van der Waals surface area contributed by atoms with Crippen LogP contribution in [0.1, 0.15) is 0 Å². The minimum absolute atomic E-state index is 0.00153. The third-order valence-corrected chi connectivity index (χ3v) is 3.85. The fraction of sp³-hybridized carbons (Fsp3) is 0.150. The lowest BCUT2D eigenvalue weighted by Gasteiger charge is -2.14. The molecule has 0 spiro atoms. The van der Waals surface area contributed by atoms with E-state index in [2.05, 4.69) is 20.6 Å². The Morgan fingerprint density at radius 1 is 0.867 bits per heavy atom. The highest BCUT2D eigenvalue weighted by Crippen LogP contribution is 2.39. The molecule has 0 aliphatic heterocycles. The van der Waals surface area contributed by atoms with Crippen molar-refractivity contribution in [3.05, 3.63) is 54.6 Å². The van der Waals surface area contributed by atoms with Crippen LogP contribution < -0.4 is 29.6 Å². The topological polar surface area (TPSA) is 104 Å². The van der Waals surface area contributed by atoms with Crippen molar-refractivity contribution in [3.8, 4) is 29.0 Å². The van der Waals surface area contributed by atoms with Crippen LogP contribution in [-0.4, -0.2) is 37.3 Å². The fourth-order valence-electron chi connectivity index (χ4n) is 2.51. The molecule has 1 heterocycles. The summed E-state index contributed by atoms with van der Waals surface area (Å²) in [6.07, 6.45) is 2.66. The number of rotatable bonds is 7. The molecule has 2 amide bonds. The number of halogens is 1. The highest BCUT2D eigenvalue weighted by atomic mass is 19.1. The van der Waals surface area contributed by atoms with Gasteiger partial charge in [0.05, 0.1) is 45.1 Å². The van der Waals surface area contributed by atoms with Crippen LogP contribution in [0.15, 0.2) is 48.8 Å². The average Bonchev–Trinajstić information content (AvgIpc) is 2.75. The fourth-order valence-corrected chi connectivity index (χ4v) is 2.51. The zero-order valence-electron chi connectivity index (χ0n) is 16.4. The maximum atomic E-state index is 13.6. The monoisotopic (exact) mass is 414 g/mol. The molecule has 10 heteroatoms. The van der Waals surface area contributed by atoms with E-state index in [1.54, 1.807) is 24.3 Å². The van der Waals surface area contributed by atoms with E-state index in [-0.39, 0.29) is 11.8 Å². The van der Waals surface area contributed by atoms with E-state index in [4.69, 9.17) is 18.9 Å². The summed E-state index contributed by atoms with van der Waals surface area (Å²) in [6.45, 7) is 0. The quantitative estimate of drug-likeness (QED) is 0.600. The molecule has 0 atom stereocenters. The second-order valence-electron chi connectivity index (χ2n) is 5.78. The SMILES string of the molecule is COc1cc(NC(=O)Nc2cnc(Oc3ccccc3F)nc2)cc(OC)c1OC. The van der Waals surface area contributed by atoms with Crippen molar-refractivity contribution in [2.45, 2.75) is 0 Å². The third-order valence-electron chi connectivity index (χ3n) is 3.85. The summed E-state index contributed by atoms with van der Waals surface area (Å²) in [7, 11) is 4.44. The van der Waals surface area contributed by atoms with Crippen molar-refractivity contribution < 1.29 is 28.1 Å².